The van der Waals surface area contributed by atoms with Crippen molar-refractivity contribution in [3.8, 4) is 6.07 Å². The Hall–Kier alpha value is -2.29. The van der Waals surface area contributed by atoms with Crippen LogP contribution in [-0.2, 0) is 22.6 Å². The molecule has 0 bridgehead atoms. The van der Waals surface area contributed by atoms with E-state index >= 15 is 0 Å². The topological polar surface area (TPSA) is 67.4 Å². The van der Waals surface area contributed by atoms with Gasteiger partial charge in [0.1, 0.15) is 11.8 Å². The molecule has 0 saturated carbocycles. The molecule has 0 radical (unpaired) electrons. The Labute approximate surface area is 124 Å². The highest BCUT2D eigenvalue weighted by Gasteiger charge is 2.01. The van der Waals surface area contributed by atoms with E-state index in [1.807, 2.05) is 30.3 Å². The third kappa shape index (κ3) is 4.95. The molecule has 1 aromatic carbocycles. The van der Waals surface area contributed by atoms with Gasteiger partial charge in [0.15, 0.2) is 0 Å². The van der Waals surface area contributed by atoms with Gasteiger partial charge in [-0.15, -0.1) is 0 Å². The Bertz CT molecular complexity index is 602. The summed E-state index contributed by atoms with van der Waals surface area (Å²) in [6.45, 7) is 2.27. The lowest BCUT2D eigenvalue weighted by molar-refractivity contribution is 0.0617. The van der Waals surface area contributed by atoms with E-state index in [1.54, 1.807) is 19.2 Å². The third-order valence-electron chi connectivity index (χ3n) is 2.87. The predicted molar refractivity (Wildman–Crippen MR) is 78.7 cm³/mol. The second-order valence-electron chi connectivity index (χ2n) is 4.48. The number of furan rings is 1. The first-order chi connectivity index (χ1) is 10.3. The van der Waals surface area contributed by atoms with E-state index in [2.05, 4.69) is 5.32 Å². The van der Waals surface area contributed by atoms with Crippen molar-refractivity contribution in [3.05, 3.63) is 53.5 Å². The van der Waals surface area contributed by atoms with Crippen LogP contribution in [0.5, 0.6) is 0 Å². The number of anilines is 1. The average Bonchev–Trinajstić information content (AvgIpc) is 2.98. The Kier molecular flexibility index (Phi) is 5.83. The van der Waals surface area contributed by atoms with Crippen LogP contribution in [0.1, 0.15) is 17.1 Å². The van der Waals surface area contributed by atoms with E-state index < -0.39 is 0 Å². The van der Waals surface area contributed by atoms with E-state index in [-0.39, 0.29) is 0 Å². The number of hydrogen-bond acceptors (Lipinski definition) is 5. The molecular weight excluding hydrogens is 268 g/mol. The first-order valence-corrected chi connectivity index (χ1v) is 6.70. The van der Waals surface area contributed by atoms with Crippen molar-refractivity contribution in [1.82, 2.24) is 0 Å². The van der Waals surface area contributed by atoms with Crippen molar-refractivity contribution in [3.63, 3.8) is 0 Å². The monoisotopic (exact) mass is 286 g/mol. The summed E-state index contributed by atoms with van der Waals surface area (Å²) in [5, 5.41) is 12.0. The van der Waals surface area contributed by atoms with Crippen LogP contribution in [0.25, 0.3) is 0 Å². The van der Waals surface area contributed by atoms with E-state index in [4.69, 9.17) is 19.2 Å². The average molecular weight is 286 g/mol. The lowest BCUT2D eigenvalue weighted by Crippen LogP contribution is -2.03. The summed E-state index contributed by atoms with van der Waals surface area (Å²) < 4.78 is 15.7. The van der Waals surface area contributed by atoms with Gasteiger partial charge >= 0.3 is 0 Å². The Morgan fingerprint density at radius 3 is 2.90 bits per heavy atom. The summed E-state index contributed by atoms with van der Waals surface area (Å²) >= 11 is 0. The number of nitriles is 1. The zero-order valence-electron chi connectivity index (χ0n) is 12.0. The van der Waals surface area contributed by atoms with Gasteiger partial charge in [-0.05, 0) is 29.8 Å². The minimum Gasteiger partial charge on any atom is -0.449 e. The van der Waals surface area contributed by atoms with Gasteiger partial charge in [0, 0.05) is 12.8 Å². The molecule has 5 nitrogen and oxygen atoms in total. The molecule has 110 valence electrons. The van der Waals surface area contributed by atoms with E-state index in [9.17, 15) is 0 Å². The van der Waals surface area contributed by atoms with E-state index in [0.717, 1.165) is 17.0 Å². The smallest absolute Gasteiger partial charge is 0.203 e. The van der Waals surface area contributed by atoms with Crippen molar-refractivity contribution < 1.29 is 13.9 Å². The van der Waals surface area contributed by atoms with Crippen LogP contribution in [0.2, 0.25) is 0 Å². The third-order valence-corrected chi connectivity index (χ3v) is 2.87. The molecule has 5 heteroatoms. The van der Waals surface area contributed by atoms with Crippen LogP contribution in [0, 0.1) is 11.3 Å². The number of nitrogens with zero attached hydrogens (tertiary/aromatic N) is 1. The number of benzene rings is 1. The first kappa shape index (κ1) is 15.1. The second-order valence-corrected chi connectivity index (χ2v) is 4.48. The zero-order valence-corrected chi connectivity index (χ0v) is 12.0. The Morgan fingerprint density at radius 1 is 1.24 bits per heavy atom. The molecule has 0 aliphatic heterocycles. The Morgan fingerprint density at radius 2 is 2.14 bits per heavy atom. The van der Waals surface area contributed by atoms with Gasteiger partial charge in [0.05, 0.1) is 26.4 Å². The summed E-state index contributed by atoms with van der Waals surface area (Å²) in [5.41, 5.74) is 2.08. The van der Waals surface area contributed by atoms with Gasteiger partial charge in [-0.2, -0.15) is 5.26 Å². The van der Waals surface area contributed by atoms with Gasteiger partial charge in [0.2, 0.25) is 5.76 Å². The van der Waals surface area contributed by atoms with Gasteiger partial charge < -0.3 is 19.2 Å². The van der Waals surface area contributed by atoms with Gasteiger partial charge in [-0.25, -0.2) is 0 Å². The molecule has 21 heavy (non-hydrogen) atoms. The molecule has 1 aromatic heterocycles. The molecule has 0 spiro atoms. The van der Waals surface area contributed by atoms with E-state index in [0.29, 0.717) is 32.1 Å². The van der Waals surface area contributed by atoms with E-state index in [1.165, 1.54) is 0 Å². The molecule has 0 saturated heterocycles. The summed E-state index contributed by atoms with van der Waals surface area (Å²) in [7, 11) is 1.65. The lowest BCUT2D eigenvalue weighted by atomic mass is 10.2. The highest BCUT2D eigenvalue weighted by molar-refractivity contribution is 5.45. The van der Waals surface area contributed by atoms with Crippen molar-refractivity contribution in [2.24, 2.45) is 0 Å². The quantitative estimate of drug-likeness (QED) is 0.756. The molecule has 1 heterocycles. The van der Waals surface area contributed by atoms with Crippen LogP contribution < -0.4 is 5.32 Å². The first-order valence-electron chi connectivity index (χ1n) is 6.70. The summed E-state index contributed by atoms with van der Waals surface area (Å²) in [6.07, 6.45) is 0. The minimum absolute atomic E-state index is 0.326. The highest BCUT2D eigenvalue weighted by Crippen LogP contribution is 2.14. The standard InChI is InChI=1S/C16H18N2O3/c1-19-7-8-20-12-13-3-2-4-14(9-13)18-11-16-6-5-15(10-17)21-16/h2-6,9,18H,7-8,11-12H2,1H3. The molecule has 0 fully saturated rings. The number of ether oxygens (including phenoxy) is 2. The van der Waals surface area contributed by atoms with Gasteiger partial charge in [-0.3, -0.25) is 0 Å². The highest BCUT2D eigenvalue weighted by atomic mass is 16.5. The molecule has 0 aliphatic carbocycles. The fourth-order valence-electron chi connectivity index (χ4n) is 1.83. The van der Waals surface area contributed by atoms with Crippen LogP contribution in [0.15, 0.2) is 40.8 Å². The van der Waals surface area contributed by atoms with Crippen LogP contribution in [-0.4, -0.2) is 20.3 Å². The lowest BCUT2D eigenvalue weighted by Gasteiger charge is -2.08. The van der Waals surface area contributed by atoms with Crippen molar-refractivity contribution in [2.75, 3.05) is 25.6 Å². The van der Waals surface area contributed by atoms with Crippen molar-refractivity contribution in [2.45, 2.75) is 13.2 Å². The van der Waals surface area contributed by atoms with Gasteiger partial charge in [-0.1, -0.05) is 12.1 Å². The molecule has 0 atom stereocenters. The minimum atomic E-state index is 0.326. The van der Waals surface area contributed by atoms with Crippen molar-refractivity contribution >= 4 is 5.69 Å². The maximum atomic E-state index is 8.71. The summed E-state index contributed by atoms with van der Waals surface area (Å²) in [4.78, 5) is 0. The predicted octanol–water partition coefficient (Wildman–Crippen LogP) is 2.93. The second kappa shape index (κ2) is 8.10. The summed E-state index contributed by atoms with van der Waals surface area (Å²) in [6, 6.07) is 13.4. The molecular formula is C16H18N2O3. The zero-order chi connectivity index (χ0) is 14.9. The van der Waals surface area contributed by atoms with Crippen LogP contribution in [0.3, 0.4) is 0 Å². The van der Waals surface area contributed by atoms with Crippen LogP contribution >= 0.6 is 0 Å². The SMILES string of the molecule is COCCOCc1cccc(NCc2ccc(C#N)o2)c1. The number of nitrogens with one attached hydrogen (secondary N) is 1. The molecule has 2 rings (SSSR count). The fraction of sp³-hybridized carbons (Fsp3) is 0.312. The summed E-state index contributed by atoms with van der Waals surface area (Å²) in [5.74, 6) is 1.06. The molecule has 1 N–H and O–H groups in total. The number of rotatable bonds is 8. The number of methoxy groups -OCH3 is 1. The molecule has 0 unspecified atom stereocenters. The molecule has 0 aliphatic rings. The van der Waals surface area contributed by atoms with Gasteiger partial charge in [0.25, 0.3) is 0 Å². The maximum Gasteiger partial charge on any atom is 0.203 e. The number of hydrogen-bond donors (Lipinski definition) is 1. The molecule has 2 aromatic rings. The molecule has 0 amide bonds. The fourth-order valence-corrected chi connectivity index (χ4v) is 1.83. The maximum absolute atomic E-state index is 8.71. The van der Waals surface area contributed by atoms with Crippen molar-refractivity contribution in [1.29, 1.82) is 5.26 Å². The largest absolute Gasteiger partial charge is 0.449 e. The normalized spacial score (nSPS) is 10.3. The Balaban J connectivity index is 1.84. The van der Waals surface area contributed by atoms with Crippen LogP contribution in [0.4, 0.5) is 5.69 Å².